The molecule has 2 aromatic rings. The fourth-order valence-electron chi connectivity index (χ4n) is 2.03. The minimum Gasteiger partial charge on any atom is -0.435 e. The molecule has 0 aliphatic heterocycles. The summed E-state index contributed by atoms with van der Waals surface area (Å²) in [6.45, 7) is 0.155. The van der Waals surface area contributed by atoms with Gasteiger partial charge in [-0.2, -0.15) is 20.1 Å². The van der Waals surface area contributed by atoms with Crippen LogP contribution in [-0.4, -0.2) is 13.2 Å². The Morgan fingerprint density at radius 1 is 1.25 bits per heavy atom. The molecule has 0 amide bonds. The number of hydrogen-bond acceptors (Lipinski definition) is 3. The van der Waals surface area contributed by atoms with Crippen molar-refractivity contribution in [3.05, 3.63) is 52.2 Å². The topological polar surface area (TPSA) is 21.3 Å². The molecule has 1 heterocycles. The quantitative estimate of drug-likeness (QED) is 0.816. The Morgan fingerprint density at radius 3 is 2.75 bits per heavy atom. The fraction of sp³-hybridized carbons (Fsp3) is 0.333. The van der Waals surface area contributed by atoms with E-state index in [0.29, 0.717) is 0 Å². The van der Waals surface area contributed by atoms with E-state index in [1.165, 1.54) is 0 Å². The van der Waals surface area contributed by atoms with Crippen LogP contribution in [0, 0.1) is 0 Å². The Balaban J connectivity index is 2.24. The van der Waals surface area contributed by atoms with Crippen LogP contribution in [0.25, 0.3) is 0 Å². The molecule has 0 spiro atoms. The van der Waals surface area contributed by atoms with Crippen molar-refractivity contribution in [3.63, 3.8) is 0 Å². The van der Waals surface area contributed by atoms with Crippen molar-refractivity contribution in [2.24, 2.45) is 0 Å². The predicted octanol–water partition coefficient (Wildman–Crippen LogP) is 4.44. The summed E-state index contributed by atoms with van der Waals surface area (Å²) in [6, 6.07) is 8.90. The largest absolute Gasteiger partial charge is 0.435 e. The molecule has 0 fully saturated rings. The van der Waals surface area contributed by atoms with Crippen LogP contribution >= 0.6 is 11.3 Å². The lowest BCUT2D eigenvalue weighted by atomic mass is 10.0. The van der Waals surface area contributed by atoms with Crippen LogP contribution in [0.2, 0.25) is 0 Å². The fourth-order valence-corrected chi connectivity index (χ4v) is 2.71. The van der Waals surface area contributed by atoms with Crippen LogP contribution in [0.5, 0.6) is 5.75 Å². The third kappa shape index (κ3) is 4.02. The molecule has 1 N–H and O–H groups in total. The van der Waals surface area contributed by atoms with E-state index in [1.807, 2.05) is 17.5 Å². The SMILES string of the molecule is CCCNC(c1ccsc1)c1cccc(OC(F)F)c1. The van der Waals surface area contributed by atoms with Crippen LogP contribution in [-0.2, 0) is 0 Å². The highest BCUT2D eigenvalue weighted by molar-refractivity contribution is 7.08. The predicted molar refractivity (Wildman–Crippen MR) is 77.5 cm³/mol. The summed E-state index contributed by atoms with van der Waals surface area (Å²) < 4.78 is 29.1. The molecule has 1 atom stereocenters. The molecule has 1 unspecified atom stereocenters. The Labute approximate surface area is 121 Å². The second-order valence-corrected chi connectivity index (χ2v) is 5.17. The highest BCUT2D eigenvalue weighted by Gasteiger charge is 2.15. The van der Waals surface area contributed by atoms with Gasteiger partial charge < -0.3 is 10.1 Å². The molecule has 0 bridgehead atoms. The maximum Gasteiger partial charge on any atom is 0.387 e. The number of halogens is 2. The van der Waals surface area contributed by atoms with Gasteiger partial charge in [-0.3, -0.25) is 0 Å². The summed E-state index contributed by atoms with van der Waals surface area (Å²) in [7, 11) is 0. The Kier molecular flexibility index (Phi) is 5.49. The second kappa shape index (κ2) is 7.36. The molecule has 1 aromatic carbocycles. The average Bonchev–Trinajstić information content (AvgIpc) is 2.93. The zero-order valence-corrected chi connectivity index (χ0v) is 12.0. The van der Waals surface area contributed by atoms with Gasteiger partial charge in [-0.1, -0.05) is 19.1 Å². The Morgan fingerprint density at radius 2 is 2.10 bits per heavy atom. The van der Waals surface area contributed by atoms with E-state index in [0.717, 1.165) is 24.1 Å². The van der Waals surface area contributed by atoms with Gasteiger partial charge >= 0.3 is 6.61 Å². The van der Waals surface area contributed by atoms with Crippen LogP contribution in [0.3, 0.4) is 0 Å². The second-order valence-electron chi connectivity index (χ2n) is 4.39. The van der Waals surface area contributed by atoms with Crippen LogP contribution in [0.1, 0.15) is 30.5 Å². The Bertz CT molecular complexity index is 516. The van der Waals surface area contributed by atoms with E-state index in [1.54, 1.807) is 29.5 Å². The van der Waals surface area contributed by atoms with Gasteiger partial charge in [-0.25, -0.2) is 0 Å². The van der Waals surface area contributed by atoms with E-state index < -0.39 is 6.61 Å². The first-order chi connectivity index (χ1) is 9.70. The lowest BCUT2D eigenvalue weighted by Gasteiger charge is -2.19. The minimum atomic E-state index is -2.80. The van der Waals surface area contributed by atoms with Gasteiger partial charge in [0.25, 0.3) is 0 Å². The van der Waals surface area contributed by atoms with Crippen molar-refractivity contribution >= 4 is 11.3 Å². The zero-order valence-electron chi connectivity index (χ0n) is 11.2. The van der Waals surface area contributed by atoms with Gasteiger partial charge in [0.15, 0.2) is 0 Å². The molecule has 2 nitrogen and oxygen atoms in total. The summed E-state index contributed by atoms with van der Waals surface area (Å²) in [4.78, 5) is 0. The normalized spacial score (nSPS) is 12.6. The summed E-state index contributed by atoms with van der Waals surface area (Å²) in [5, 5.41) is 7.51. The first-order valence-electron chi connectivity index (χ1n) is 6.51. The molecule has 20 heavy (non-hydrogen) atoms. The molecular weight excluding hydrogens is 280 g/mol. The number of rotatable bonds is 7. The maximum absolute atomic E-state index is 12.3. The zero-order chi connectivity index (χ0) is 14.4. The van der Waals surface area contributed by atoms with Crippen molar-refractivity contribution in [2.45, 2.75) is 26.0 Å². The van der Waals surface area contributed by atoms with Crippen LogP contribution < -0.4 is 10.1 Å². The molecule has 5 heteroatoms. The highest BCUT2D eigenvalue weighted by atomic mass is 32.1. The first-order valence-corrected chi connectivity index (χ1v) is 7.45. The average molecular weight is 297 g/mol. The molecule has 0 saturated heterocycles. The molecule has 0 aliphatic rings. The first kappa shape index (κ1) is 14.9. The maximum atomic E-state index is 12.3. The summed E-state index contributed by atoms with van der Waals surface area (Å²) in [5.41, 5.74) is 2.06. The van der Waals surface area contributed by atoms with Crippen molar-refractivity contribution < 1.29 is 13.5 Å². The van der Waals surface area contributed by atoms with Crippen LogP contribution in [0.4, 0.5) is 8.78 Å². The summed E-state index contributed by atoms with van der Waals surface area (Å²) >= 11 is 1.62. The lowest BCUT2D eigenvalue weighted by Crippen LogP contribution is -2.22. The number of thiophene rings is 1. The van der Waals surface area contributed by atoms with Gasteiger partial charge in [0.2, 0.25) is 0 Å². The van der Waals surface area contributed by atoms with E-state index in [9.17, 15) is 8.78 Å². The third-order valence-electron chi connectivity index (χ3n) is 2.89. The molecule has 0 aliphatic carbocycles. The number of benzene rings is 1. The number of alkyl halides is 2. The lowest BCUT2D eigenvalue weighted by molar-refractivity contribution is -0.0498. The molecule has 108 valence electrons. The monoisotopic (exact) mass is 297 g/mol. The molecular formula is C15H17F2NOS. The highest BCUT2D eigenvalue weighted by Crippen LogP contribution is 2.27. The third-order valence-corrected chi connectivity index (χ3v) is 3.59. The van der Waals surface area contributed by atoms with E-state index in [2.05, 4.69) is 22.4 Å². The smallest absolute Gasteiger partial charge is 0.387 e. The van der Waals surface area contributed by atoms with Crippen molar-refractivity contribution in [2.75, 3.05) is 6.54 Å². The molecule has 2 rings (SSSR count). The van der Waals surface area contributed by atoms with Gasteiger partial charge in [0.05, 0.1) is 6.04 Å². The molecule has 0 saturated carbocycles. The van der Waals surface area contributed by atoms with Gasteiger partial charge in [-0.15, -0.1) is 0 Å². The standard InChI is InChI=1S/C15H17F2NOS/c1-2-7-18-14(12-6-8-20-10-12)11-4-3-5-13(9-11)19-15(16)17/h3-6,8-10,14-15,18H,2,7H2,1H3. The minimum absolute atomic E-state index is 0.00224. The Hall–Kier alpha value is -1.46. The number of nitrogens with one attached hydrogen (secondary N) is 1. The summed E-state index contributed by atoms with van der Waals surface area (Å²) in [6.07, 6.45) is 1.01. The van der Waals surface area contributed by atoms with E-state index in [4.69, 9.17) is 0 Å². The van der Waals surface area contributed by atoms with Gasteiger partial charge in [0, 0.05) is 0 Å². The van der Waals surface area contributed by atoms with E-state index in [-0.39, 0.29) is 11.8 Å². The summed E-state index contributed by atoms with van der Waals surface area (Å²) in [5.74, 6) is 0.191. The number of ether oxygens (including phenoxy) is 1. The van der Waals surface area contributed by atoms with E-state index >= 15 is 0 Å². The molecule has 1 aromatic heterocycles. The molecule has 0 radical (unpaired) electrons. The van der Waals surface area contributed by atoms with Crippen molar-refractivity contribution in [1.82, 2.24) is 5.32 Å². The van der Waals surface area contributed by atoms with Crippen LogP contribution in [0.15, 0.2) is 41.1 Å². The van der Waals surface area contributed by atoms with Crippen molar-refractivity contribution in [1.29, 1.82) is 0 Å². The van der Waals surface area contributed by atoms with Crippen molar-refractivity contribution in [3.8, 4) is 5.75 Å². The van der Waals surface area contributed by atoms with Gasteiger partial charge in [-0.05, 0) is 53.1 Å². The number of hydrogen-bond donors (Lipinski definition) is 1. The van der Waals surface area contributed by atoms with Gasteiger partial charge in [0.1, 0.15) is 5.75 Å².